The zero-order chi connectivity index (χ0) is 22.0. The Labute approximate surface area is 183 Å². The average molecular weight is 422 g/mol. The van der Waals surface area contributed by atoms with Crippen LogP contribution in [0.5, 0.6) is 5.75 Å². The van der Waals surface area contributed by atoms with Gasteiger partial charge in [0.25, 0.3) is 0 Å². The van der Waals surface area contributed by atoms with Crippen LogP contribution in [0.1, 0.15) is 44.2 Å². The Bertz CT molecular complexity index is 1040. The number of ether oxygens (including phenoxy) is 1. The Kier molecular flexibility index (Phi) is 6.01. The van der Waals surface area contributed by atoms with E-state index >= 15 is 0 Å². The minimum Gasteiger partial charge on any atom is -0.492 e. The summed E-state index contributed by atoms with van der Waals surface area (Å²) in [6.45, 7) is 2.45. The number of hydrogen-bond acceptors (Lipinski definition) is 4. The molecule has 1 aliphatic rings. The second kappa shape index (κ2) is 8.71. The summed E-state index contributed by atoms with van der Waals surface area (Å²) < 4.78 is 8.12. The normalized spacial score (nSPS) is 17.7. The summed E-state index contributed by atoms with van der Waals surface area (Å²) in [5.74, 6) is -0.0171. The topological polar surface area (TPSA) is 67.6 Å². The highest BCUT2D eigenvalue weighted by molar-refractivity contribution is 5.84. The third kappa shape index (κ3) is 4.30. The van der Waals surface area contributed by atoms with Crippen LogP contribution < -0.4 is 4.74 Å². The first-order valence-corrected chi connectivity index (χ1v) is 10.9. The molecule has 1 N–H and O–H groups in total. The van der Waals surface area contributed by atoms with Crippen molar-refractivity contribution in [3.05, 3.63) is 60.7 Å². The lowest BCUT2D eigenvalue weighted by Gasteiger charge is -2.31. The molecule has 3 aromatic rings. The summed E-state index contributed by atoms with van der Waals surface area (Å²) in [5.41, 5.74) is 0.482. The summed E-state index contributed by atoms with van der Waals surface area (Å²) in [5, 5.41) is 11.9. The number of benzene rings is 2. The summed E-state index contributed by atoms with van der Waals surface area (Å²) in [4.78, 5) is 18.2. The second-order valence-electron chi connectivity index (χ2n) is 9.01. The summed E-state index contributed by atoms with van der Waals surface area (Å²) in [6.07, 6.45) is 8.99. The van der Waals surface area contributed by atoms with Gasteiger partial charge in [-0.1, -0.05) is 31.0 Å². The van der Waals surface area contributed by atoms with E-state index < -0.39 is 11.4 Å². The molecule has 0 aliphatic heterocycles. The SMILES string of the molecule is CC(C(c1ccc2cc(OCC3(C(=O)O)CCCC3)ccc2c1)n1ccnc1)N(C)C. The van der Waals surface area contributed by atoms with E-state index in [1.54, 1.807) is 0 Å². The van der Waals surface area contributed by atoms with Gasteiger partial charge in [-0.15, -0.1) is 0 Å². The number of rotatable bonds is 8. The van der Waals surface area contributed by atoms with Crippen molar-refractivity contribution in [2.24, 2.45) is 5.41 Å². The van der Waals surface area contributed by atoms with Crippen LogP contribution in [0.15, 0.2) is 55.1 Å². The number of aromatic nitrogens is 2. The summed E-state index contributed by atoms with van der Waals surface area (Å²) >= 11 is 0. The summed E-state index contributed by atoms with van der Waals surface area (Å²) in [6, 6.07) is 12.9. The lowest BCUT2D eigenvalue weighted by atomic mass is 9.87. The predicted octanol–water partition coefficient (Wildman–Crippen LogP) is 4.60. The number of carboxylic acid groups (broad SMARTS) is 1. The molecule has 2 atom stereocenters. The van der Waals surface area contributed by atoms with E-state index in [2.05, 4.69) is 59.7 Å². The van der Waals surface area contributed by atoms with Gasteiger partial charge >= 0.3 is 5.97 Å². The molecule has 1 saturated carbocycles. The van der Waals surface area contributed by atoms with Crippen LogP contribution in [0.25, 0.3) is 10.8 Å². The first-order valence-electron chi connectivity index (χ1n) is 10.9. The Hall–Kier alpha value is -2.86. The van der Waals surface area contributed by atoms with Crippen LogP contribution >= 0.6 is 0 Å². The number of carboxylic acids is 1. The molecule has 1 heterocycles. The highest BCUT2D eigenvalue weighted by Crippen LogP contribution is 2.39. The molecule has 4 rings (SSSR count). The number of imidazole rings is 1. The number of aliphatic carboxylic acids is 1. The van der Waals surface area contributed by atoms with Gasteiger partial charge in [0.15, 0.2) is 0 Å². The van der Waals surface area contributed by atoms with Gasteiger partial charge in [0.1, 0.15) is 17.8 Å². The molecule has 2 unspecified atom stereocenters. The monoisotopic (exact) mass is 421 g/mol. The fourth-order valence-corrected chi connectivity index (χ4v) is 4.63. The van der Waals surface area contributed by atoms with Crippen molar-refractivity contribution < 1.29 is 14.6 Å². The van der Waals surface area contributed by atoms with Gasteiger partial charge in [-0.25, -0.2) is 4.98 Å². The molecular formula is C25H31N3O3. The maximum atomic E-state index is 11.8. The first-order chi connectivity index (χ1) is 14.9. The largest absolute Gasteiger partial charge is 0.492 e. The number of nitrogens with zero attached hydrogens (tertiary/aromatic N) is 3. The zero-order valence-electron chi connectivity index (χ0n) is 18.5. The van der Waals surface area contributed by atoms with E-state index in [1.165, 1.54) is 5.56 Å². The molecule has 1 aliphatic carbocycles. The maximum absolute atomic E-state index is 11.8. The highest BCUT2D eigenvalue weighted by atomic mass is 16.5. The number of hydrogen-bond donors (Lipinski definition) is 1. The summed E-state index contributed by atoms with van der Waals surface area (Å²) in [7, 11) is 4.18. The molecule has 2 aromatic carbocycles. The lowest BCUT2D eigenvalue weighted by molar-refractivity contribution is -0.150. The highest BCUT2D eigenvalue weighted by Gasteiger charge is 2.42. The van der Waals surface area contributed by atoms with Crippen LogP contribution in [-0.4, -0.2) is 52.3 Å². The van der Waals surface area contributed by atoms with Gasteiger partial charge in [-0.05, 0) is 68.4 Å². The fraction of sp³-hybridized carbons (Fsp3) is 0.440. The maximum Gasteiger partial charge on any atom is 0.313 e. The van der Waals surface area contributed by atoms with Crippen molar-refractivity contribution in [3.63, 3.8) is 0 Å². The van der Waals surface area contributed by atoms with Gasteiger partial charge in [-0.3, -0.25) is 4.79 Å². The van der Waals surface area contributed by atoms with Crippen molar-refractivity contribution in [1.29, 1.82) is 0 Å². The van der Waals surface area contributed by atoms with Crippen molar-refractivity contribution >= 4 is 16.7 Å². The molecule has 31 heavy (non-hydrogen) atoms. The van der Waals surface area contributed by atoms with Crippen LogP contribution in [0, 0.1) is 5.41 Å². The molecule has 6 heteroatoms. The molecule has 0 amide bonds. The van der Waals surface area contributed by atoms with E-state index in [1.807, 2.05) is 30.9 Å². The quantitative estimate of drug-likeness (QED) is 0.576. The molecule has 0 saturated heterocycles. The zero-order valence-corrected chi connectivity index (χ0v) is 18.5. The molecular weight excluding hydrogens is 390 g/mol. The number of carbonyl (C=O) groups is 1. The van der Waals surface area contributed by atoms with Crippen molar-refractivity contribution in [2.75, 3.05) is 20.7 Å². The van der Waals surface area contributed by atoms with E-state index in [4.69, 9.17) is 4.74 Å². The van der Waals surface area contributed by atoms with Crippen LogP contribution in [0.4, 0.5) is 0 Å². The number of fused-ring (bicyclic) bond motifs is 1. The third-order valence-electron chi connectivity index (χ3n) is 6.82. The lowest BCUT2D eigenvalue weighted by Crippen LogP contribution is -2.34. The van der Waals surface area contributed by atoms with Crippen molar-refractivity contribution in [1.82, 2.24) is 14.5 Å². The van der Waals surface area contributed by atoms with Gasteiger partial charge in [0, 0.05) is 18.4 Å². The van der Waals surface area contributed by atoms with Crippen molar-refractivity contribution in [2.45, 2.75) is 44.7 Å². The van der Waals surface area contributed by atoms with Gasteiger partial charge < -0.3 is 19.3 Å². The molecule has 0 radical (unpaired) electrons. The Balaban J connectivity index is 1.58. The molecule has 1 aromatic heterocycles. The van der Waals surface area contributed by atoms with E-state index in [0.29, 0.717) is 12.8 Å². The van der Waals surface area contributed by atoms with Gasteiger partial charge in [0.05, 0.1) is 12.4 Å². The minimum absolute atomic E-state index is 0.149. The number of likely N-dealkylation sites (N-methyl/N-ethyl adjacent to an activating group) is 1. The van der Waals surface area contributed by atoms with Gasteiger partial charge in [-0.2, -0.15) is 0 Å². The predicted molar refractivity (Wildman–Crippen MR) is 121 cm³/mol. The van der Waals surface area contributed by atoms with Crippen LogP contribution in [0.2, 0.25) is 0 Å². The molecule has 1 fully saturated rings. The first kappa shape index (κ1) is 21.4. The van der Waals surface area contributed by atoms with Gasteiger partial charge in [0.2, 0.25) is 0 Å². The Morgan fingerprint density at radius 3 is 2.55 bits per heavy atom. The third-order valence-corrected chi connectivity index (χ3v) is 6.82. The Morgan fingerprint density at radius 2 is 1.90 bits per heavy atom. The molecule has 6 nitrogen and oxygen atoms in total. The molecule has 0 bridgehead atoms. The van der Waals surface area contributed by atoms with Crippen molar-refractivity contribution in [3.8, 4) is 5.75 Å². The average Bonchev–Trinajstić information content (AvgIpc) is 3.45. The molecule has 164 valence electrons. The van der Waals surface area contributed by atoms with Crippen LogP contribution in [-0.2, 0) is 4.79 Å². The second-order valence-corrected chi connectivity index (χ2v) is 9.01. The molecule has 0 spiro atoms. The van der Waals surface area contributed by atoms with Crippen LogP contribution in [0.3, 0.4) is 0 Å². The fourth-order valence-electron chi connectivity index (χ4n) is 4.63. The van der Waals surface area contributed by atoms with E-state index in [-0.39, 0.29) is 18.7 Å². The Morgan fingerprint density at radius 1 is 1.19 bits per heavy atom. The standard InChI is InChI=1S/C25H31N3O3/c1-18(27(2)3)23(28-13-12-26-17-28)21-7-6-20-15-22(9-8-19(20)14-21)31-16-25(24(29)30)10-4-5-11-25/h6-9,12-15,17-18,23H,4-5,10-11,16H2,1-3H3,(H,29,30). The van der Waals surface area contributed by atoms with E-state index in [9.17, 15) is 9.90 Å². The smallest absolute Gasteiger partial charge is 0.313 e. The minimum atomic E-state index is -0.740. The van der Waals surface area contributed by atoms with E-state index in [0.717, 1.165) is 29.4 Å².